The summed E-state index contributed by atoms with van der Waals surface area (Å²) in [6.07, 6.45) is 0. The summed E-state index contributed by atoms with van der Waals surface area (Å²) in [5.41, 5.74) is -0.814. The van der Waals surface area contributed by atoms with Crippen molar-refractivity contribution in [3.05, 3.63) is 29.3 Å². The van der Waals surface area contributed by atoms with E-state index >= 15 is 0 Å². The number of halogens is 3. The average molecular weight is 246 g/mol. The van der Waals surface area contributed by atoms with E-state index in [-0.39, 0.29) is 18.1 Å². The third-order valence-corrected chi connectivity index (χ3v) is 2.49. The van der Waals surface area contributed by atoms with Crippen LogP contribution in [0.5, 0.6) is 0 Å². The molecule has 1 aliphatic heterocycles. The van der Waals surface area contributed by atoms with Crippen LogP contribution in [-0.4, -0.2) is 24.1 Å². The molecule has 3 nitrogen and oxygen atoms in total. The summed E-state index contributed by atoms with van der Waals surface area (Å²) in [7, 11) is 0. The number of hydrogen-bond acceptors (Lipinski definition) is 2. The maximum absolute atomic E-state index is 13.4. The van der Waals surface area contributed by atoms with E-state index in [1.807, 2.05) is 0 Å². The zero-order valence-electron chi connectivity index (χ0n) is 7.97. The molecule has 6 heteroatoms. The van der Waals surface area contributed by atoms with Gasteiger partial charge in [-0.2, -0.15) is 0 Å². The van der Waals surface area contributed by atoms with Crippen molar-refractivity contribution in [1.82, 2.24) is 0 Å². The van der Waals surface area contributed by atoms with Crippen LogP contribution in [0.4, 0.5) is 14.5 Å². The topological polar surface area (TPSA) is 37.4 Å². The Bertz CT molecular complexity index is 490. The third kappa shape index (κ3) is 1.39. The van der Waals surface area contributed by atoms with Gasteiger partial charge in [0.25, 0.3) is 11.7 Å². The molecule has 0 fully saturated rings. The van der Waals surface area contributed by atoms with Crippen LogP contribution >= 0.6 is 11.6 Å². The summed E-state index contributed by atoms with van der Waals surface area (Å²) >= 11 is 5.43. The first-order valence-corrected chi connectivity index (χ1v) is 5.01. The maximum atomic E-state index is 13.4. The number of Topliss-reactive ketones (excluding diaryl/α,β-unsaturated/α-hetero) is 1. The van der Waals surface area contributed by atoms with Gasteiger partial charge in [0.2, 0.25) is 0 Å². The highest BCUT2D eigenvalue weighted by Crippen LogP contribution is 2.33. The lowest BCUT2D eigenvalue weighted by Gasteiger charge is -2.14. The van der Waals surface area contributed by atoms with Gasteiger partial charge < -0.3 is 4.90 Å². The molecular weight excluding hydrogens is 240 g/mol. The number of carbonyl (C=O) groups is 2. The second-order valence-corrected chi connectivity index (χ2v) is 3.61. The first kappa shape index (κ1) is 11.0. The van der Waals surface area contributed by atoms with E-state index in [1.165, 1.54) is 0 Å². The lowest BCUT2D eigenvalue weighted by molar-refractivity contribution is -0.114. The van der Waals surface area contributed by atoms with E-state index < -0.39 is 28.9 Å². The van der Waals surface area contributed by atoms with Crippen molar-refractivity contribution in [3.8, 4) is 0 Å². The molecule has 1 amide bonds. The van der Waals surface area contributed by atoms with Gasteiger partial charge in [0.15, 0.2) is 0 Å². The van der Waals surface area contributed by atoms with Crippen LogP contribution in [0.1, 0.15) is 10.4 Å². The first-order chi connectivity index (χ1) is 7.57. The Morgan fingerprint density at radius 3 is 2.44 bits per heavy atom. The van der Waals surface area contributed by atoms with Crippen molar-refractivity contribution in [3.63, 3.8) is 0 Å². The van der Waals surface area contributed by atoms with Crippen LogP contribution in [0.15, 0.2) is 12.1 Å². The Labute approximate surface area is 94.6 Å². The van der Waals surface area contributed by atoms with Crippen LogP contribution < -0.4 is 4.90 Å². The number of alkyl halides is 1. The van der Waals surface area contributed by atoms with Gasteiger partial charge >= 0.3 is 0 Å². The monoisotopic (exact) mass is 245 g/mol. The minimum Gasteiger partial charge on any atom is -0.301 e. The number of fused-ring (bicyclic) bond motifs is 1. The number of carbonyl (C=O) groups excluding carboxylic acids is 2. The second-order valence-electron chi connectivity index (χ2n) is 3.23. The lowest BCUT2D eigenvalue weighted by atomic mass is 10.1. The predicted molar refractivity (Wildman–Crippen MR) is 53.8 cm³/mol. The summed E-state index contributed by atoms with van der Waals surface area (Å²) in [6, 6.07) is 1.70. The summed E-state index contributed by atoms with van der Waals surface area (Å²) < 4.78 is 26.7. The molecule has 0 spiro atoms. The summed E-state index contributed by atoms with van der Waals surface area (Å²) in [6.45, 7) is -0.0283. The Morgan fingerprint density at radius 2 is 1.81 bits per heavy atom. The molecule has 0 unspecified atom stereocenters. The van der Waals surface area contributed by atoms with Crippen molar-refractivity contribution in [1.29, 1.82) is 0 Å². The van der Waals surface area contributed by atoms with Gasteiger partial charge in [-0.3, -0.25) is 9.59 Å². The molecule has 84 valence electrons. The highest BCUT2D eigenvalue weighted by Gasteiger charge is 2.40. The Hall–Kier alpha value is -1.49. The van der Waals surface area contributed by atoms with Gasteiger partial charge in [0, 0.05) is 12.4 Å². The van der Waals surface area contributed by atoms with Crippen LogP contribution in [0.25, 0.3) is 0 Å². The van der Waals surface area contributed by atoms with E-state index in [4.69, 9.17) is 11.6 Å². The zero-order valence-corrected chi connectivity index (χ0v) is 8.72. The van der Waals surface area contributed by atoms with E-state index in [2.05, 4.69) is 0 Å². The molecule has 1 aliphatic rings. The number of ketones is 1. The molecule has 0 saturated heterocycles. The smallest absolute Gasteiger partial charge is 0.299 e. The number of anilines is 1. The van der Waals surface area contributed by atoms with Crippen molar-refractivity contribution < 1.29 is 18.4 Å². The molecule has 0 N–H and O–H groups in total. The SMILES string of the molecule is O=C1C(=O)N(CCCl)c2c(F)ccc(F)c21. The summed E-state index contributed by atoms with van der Waals surface area (Å²) in [4.78, 5) is 23.7. The quantitative estimate of drug-likeness (QED) is 0.588. The van der Waals surface area contributed by atoms with E-state index in [9.17, 15) is 18.4 Å². The van der Waals surface area contributed by atoms with Gasteiger partial charge in [0.1, 0.15) is 11.6 Å². The molecule has 16 heavy (non-hydrogen) atoms. The molecule has 0 aromatic heterocycles. The van der Waals surface area contributed by atoms with Crippen LogP contribution in [0, 0.1) is 11.6 Å². The van der Waals surface area contributed by atoms with Crippen molar-refractivity contribution in [2.45, 2.75) is 0 Å². The van der Waals surface area contributed by atoms with E-state index in [1.54, 1.807) is 0 Å². The molecular formula is C10H6ClF2NO2. The molecule has 0 aliphatic carbocycles. The number of nitrogens with zero attached hydrogens (tertiary/aromatic N) is 1. The fourth-order valence-electron chi connectivity index (χ4n) is 1.65. The summed E-state index contributed by atoms with van der Waals surface area (Å²) in [5, 5.41) is 0. The Kier molecular flexibility index (Phi) is 2.63. The zero-order chi connectivity index (χ0) is 11.9. The van der Waals surface area contributed by atoms with Crippen LogP contribution in [-0.2, 0) is 4.79 Å². The normalized spacial score (nSPS) is 14.6. The number of benzene rings is 1. The maximum Gasteiger partial charge on any atom is 0.299 e. The highest BCUT2D eigenvalue weighted by atomic mass is 35.5. The van der Waals surface area contributed by atoms with Crippen LogP contribution in [0.2, 0.25) is 0 Å². The minimum absolute atomic E-state index is 0.0283. The lowest BCUT2D eigenvalue weighted by Crippen LogP contribution is -2.31. The second kappa shape index (κ2) is 3.83. The number of rotatable bonds is 2. The average Bonchev–Trinajstić information content (AvgIpc) is 2.50. The molecule has 1 heterocycles. The fraction of sp³-hybridized carbons (Fsp3) is 0.200. The molecule has 0 bridgehead atoms. The molecule has 0 radical (unpaired) electrons. The number of hydrogen-bond donors (Lipinski definition) is 0. The summed E-state index contributed by atoms with van der Waals surface area (Å²) in [5.74, 6) is -3.64. The molecule has 0 atom stereocenters. The molecule has 2 rings (SSSR count). The Balaban J connectivity index is 2.64. The third-order valence-electron chi connectivity index (χ3n) is 2.32. The van der Waals surface area contributed by atoms with Gasteiger partial charge in [-0.15, -0.1) is 11.6 Å². The first-order valence-electron chi connectivity index (χ1n) is 4.48. The van der Waals surface area contributed by atoms with Crippen molar-refractivity contribution >= 4 is 29.0 Å². The number of amides is 1. The van der Waals surface area contributed by atoms with Gasteiger partial charge in [-0.1, -0.05) is 0 Å². The van der Waals surface area contributed by atoms with Gasteiger partial charge in [-0.25, -0.2) is 8.78 Å². The van der Waals surface area contributed by atoms with E-state index in [0.29, 0.717) is 0 Å². The van der Waals surface area contributed by atoms with Crippen molar-refractivity contribution in [2.24, 2.45) is 0 Å². The molecule has 1 aromatic rings. The van der Waals surface area contributed by atoms with E-state index in [0.717, 1.165) is 17.0 Å². The standard InChI is InChI=1S/C10H6ClF2NO2/c11-3-4-14-8-6(13)2-1-5(12)7(8)9(15)10(14)16/h1-2H,3-4H2. The predicted octanol–water partition coefficient (Wildman–Crippen LogP) is 1.73. The molecule has 1 aromatic carbocycles. The van der Waals surface area contributed by atoms with Gasteiger partial charge in [0.05, 0.1) is 11.3 Å². The fourth-order valence-corrected chi connectivity index (χ4v) is 1.82. The molecule has 0 saturated carbocycles. The van der Waals surface area contributed by atoms with Crippen LogP contribution in [0.3, 0.4) is 0 Å². The van der Waals surface area contributed by atoms with Crippen molar-refractivity contribution in [2.75, 3.05) is 17.3 Å². The van der Waals surface area contributed by atoms with Gasteiger partial charge in [-0.05, 0) is 12.1 Å². The minimum atomic E-state index is -1.03. The Morgan fingerprint density at radius 1 is 1.19 bits per heavy atom. The highest BCUT2D eigenvalue weighted by molar-refractivity contribution is 6.52. The largest absolute Gasteiger partial charge is 0.301 e.